The van der Waals surface area contributed by atoms with Crippen LogP contribution >= 0.6 is 45.6 Å². The summed E-state index contributed by atoms with van der Waals surface area (Å²) in [7, 11) is -22.0. The summed E-state index contributed by atoms with van der Waals surface area (Å²) >= 11 is 0. The van der Waals surface area contributed by atoms with Crippen LogP contribution in [-0.2, 0) is 69.7 Å². The van der Waals surface area contributed by atoms with Crippen molar-refractivity contribution in [2.75, 3.05) is 47.9 Å². The first-order chi connectivity index (χ1) is 57.4. The second kappa shape index (κ2) is 32.8. The van der Waals surface area contributed by atoms with Gasteiger partial charge in [0.2, 0.25) is 0 Å². The number of anilines is 9. The van der Waals surface area contributed by atoms with Gasteiger partial charge in [-0.1, -0.05) is 42.5 Å². The number of hydrogen-bond acceptors (Lipinski definition) is 15. The SMILES string of the molecule is Cn1cc(NC(=O)c2cccc(C(=O)Nc3cc(C(=O)Nc4cc(C(=O)Nc5cc(P(=O)(O)O)c6cccc(P(=O)(O)O)c6c5)n(C)c4)n(C)c3)c2C(=O)Nc2cc(C(=O)Nc3cc(C(=O)Nc4cc(P(=O)(O)O)c5cccc(P(=O)(O)O)c5c4)n(C)c3)n(C)c2)cc1C(=O)Nc1cc(C(=O)Nc2cc(P(=O)(O)O)c3cccc(P(=O)(O)O)c3c2)n(C)c1. The maximum atomic E-state index is 15.1. The number of aryl methyl sites for hydroxylation is 6. The summed E-state index contributed by atoms with van der Waals surface area (Å²) < 4.78 is 83.0. The number of carbonyl (C=O) groups is 9. The lowest BCUT2D eigenvalue weighted by molar-refractivity contribution is 0.0977. The van der Waals surface area contributed by atoms with Crippen molar-refractivity contribution in [2.24, 2.45) is 42.3 Å². The molecule has 0 aliphatic heterocycles. The second-order valence-corrected chi connectivity index (χ2v) is 37.5. The van der Waals surface area contributed by atoms with Crippen molar-refractivity contribution in [3.8, 4) is 0 Å². The molecule has 0 unspecified atom stereocenters. The van der Waals surface area contributed by atoms with Crippen LogP contribution in [0.1, 0.15) is 94.0 Å². The molecule has 6 aromatic heterocycles. The minimum Gasteiger partial charge on any atom is -0.344 e. The lowest BCUT2D eigenvalue weighted by Gasteiger charge is -2.15. The van der Waals surface area contributed by atoms with Crippen molar-refractivity contribution in [3.63, 3.8) is 0 Å². The third-order valence-electron chi connectivity index (χ3n) is 19.3. The summed E-state index contributed by atoms with van der Waals surface area (Å²) in [6.07, 6.45) is 7.89. The Hall–Kier alpha value is -12.9. The smallest absolute Gasteiger partial charge is 0.344 e. The predicted molar refractivity (Wildman–Crippen MR) is 452 cm³/mol. The molecule has 0 fully saturated rings. The molecule has 13 aromatic rings. The minimum absolute atomic E-state index is 0.0112. The number of nitrogens with one attached hydrogen (secondary N) is 9. The zero-order valence-corrected chi connectivity index (χ0v) is 69.5. The molecule has 0 saturated heterocycles. The average Bonchev–Trinajstić information content (AvgIpc) is 1.08. The van der Waals surface area contributed by atoms with E-state index in [-0.39, 0.29) is 118 Å². The number of hydrogen-bond donors (Lipinski definition) is 21. The van der Waals surface area contributed by atoms with E-state index in [4.69, 9.17) is 0 Å². The van der Waals surface area contributed by atoms with E-state index in [2.05, 4.69) is 47.9 Å². The van der Waals surface area contributed by atoms with Crippen LogP contribution < -0.4 is 79.7 Å². The summed E-state index contributed by atoms with van der Waals surface area (Å²) in [5, 5.41) is 18.2. The Morgan fingerprint density at radius 2 is 0.407 bits per heavy atom. The number of fused-ring (bicyclic) bond motifs is 3. The largest absolute Gasteiger partial charge is 0.356 e. The molecule has 7 aromatic carbocycles. The summed E-state index contributed by atoms with van der Waals surface area (Å²) in [5.41, 5.74) is -3.28. The summed E-state index contributed by atoms with van der Waals surface area (Å²) in [4.78, 5) is 250. The Morgan fingerprint density at radius 3 is 0.618 bits per heavy atom. The van der Waals surface area contributed by atoms with E-state index in [0.717, 1.165) is 54.6 Å². The van der Waals surface area contributed by atoms with Crippen molar-refractivity contribution < 1.29 is 129 Å². The molecule has 48 heteroatoms. The Labute approximate surface area is 691 Å². The fourth-order valence-electron chi connectivity index (χ4n) is 13.8. The third-order valence-corrected chi connectivity index (χ3v) is 25.3. The van der Waals surface area contributed by atoms with Gasteiger partial charge in [-0.05, 0) is 119 Å². The van der Waals surface area contributed by atoms with Crippen LogP contribution in [-0.4, -0.2) is 139 Å². The highest BCUT2D eigenvalue weighted by Crippen LogP contribution is 2.46. The van der Waals surface area contributed by atoms with Gasteiger partial charge < -0.3 is 134 Å². The highest BCUT2D eigenvalue weighted by molar-refractivity contribution is 7.63. The standard InChI is InChI=1S/C75H69N15O27P6/c1-85-31-40(22-57(85)72(96)81-42-24-54(87(3)33-42)69(93)76-37-19-51-46(63(28-37)121(109,110)111)11-8-16-60(51)118(100,101)102)79-67(91)49-14-7-15-50(68(92)80-41-23-58(86(2)32-41)73(97)82-43-25-55(88(4)34-43)70(94)77-38-20-52-47(64(29-38)122(112,113)114)12-9-17-61(52)119(103,104)105)66(49)75(99)84-45-27-59(90(6)36-45)74(98)83-44-26-56(89(5)35-44)71(95)78-39-21-53-48(65(30-39)123(115,116)117)13-10-18-62(53)120(106,107)108/h7-36H,1-6H3,(H,76,93)(H,77,94)(H,78,95)(H,79,91)(H,80,92)(H,81,96)(H,82,97)(H,83,98)(H,84,99)(H2,100,101,102)(H2,103,104,105)(H2,106,107,108)(H2,109,110,111)(H2,112,113,114)(H2,115,116,117). The molecule has 636 valence electrons. The Morgan fingerprint density at radius 1 is 0.220 bits per heavy atom. The van der Waals surface area contributed by atoms with Crippen LogP contribution in [0.2, 0.25) is 0 Å². The molecule has 42 nitrogen and oxygen atoms in total. The summed E-state index contributed by atoms with van der Waals surface area (Å²) in [6, 6.07) is 27.7. The van der Waals surface area contributed by atoms with Gasteiger partial charge in [-0.15, -0.1) is 0 Å². The van der Waals surface area contributed by atoms with Crippen LogP contribution in [0, 0.1) is 0 Å². The van der Waals surface area contributed by atoms with Crippen LogP contribution in [0.3, 0.4) is 0 Å². The highest BCUT2D eigenvalue weighted by atomic mass is 31.2. The van der Waals surface area contributed by atoms with Crippen LogP contribution in [0.5, 0.6) is 0 Å². The van der Waals surface area contributed by atoms with E-state index in [1.807, 2.05) is 0 Å². The molecule has 0 saturated carbocycles. The maximum Gasteiger partial charge on any atom is 0.356 e. The first kappa shape index (κ1) is 87.9. The van der Waals surface area contributed by atoms with E-state index < -0.39 is 147 Å². The molecule has 9 amide bonds. The highest BCUT2D eigenvalue weighted by Gasteiger charge is 2.34. The summed E-state index contributed by atoms with van der Waals surface area (Å²) in [5.74, 6) is -8.41. The molecule has 0 bridgehead atoms. The maximum absolute atomic E-state index is 15.1. The van der Waals surface area contributed by atoms with Crippen molar-refractivity contribution in [1.82, 2.24) is 27.4 Å². The molecule has 0 spiro atoms. The van der Waals surface area contributed by atoms with Crippen molar-refractivity contribution >= 4 is 214 Å². The first-order valence-electron chi connectivity index (χ1n) is 35.4. The minimum atomic E-state index is -5.14. The first-order valence-corrected chi connectivity index (χ1v) is 45.1. The Balaban J connectivity index is 0.745. The fourth-order valence-corrected chi connectivity index (χ4v) is 18.6. The predicted octanol–water partition coefficient (Wildman–Crippen LogP) is 5.27. The van der Waals surface area contributed by atoms with Crippen LogP contribution in [0.25, 0.3) is 32.3 Å². The third kappa shape index (κ3) is 18.7. The monoisotopic (exact) mass is 1800 g/mol. The van der Waals surface area contributed by atoms with Gasteiger partial charge in [-0.3, -0.25) is 70.5 Å². The zero-order chi connectivity index (χ0) is 89.6. The molecule has 6 heterocycles. The van der Waals surface area contributed by atoms with Gasteiger partial charge in [0.05, 0.1) is 82.6 Å². The van der Waals surface area contributed by atoms with Crippen molar-refractivity contribution in [2.45, 2.75) is 0 Å². The molecule has 21 N–H and O–H groups in total. The molecule has 123 heavy (non-hydrogen) atoms. The van der Waals surface area contributed by atoms with Gasteiger partial charge in [0.25, 0.3) is 53.2 Å². The number of rotatable bonds is 24. The second-order valence-electron chi connectivity index (χ2n) is 28.0. The zero-order valence-electron chi connectivity index (χ0n) is 64.2. The van der Waals surface area contributed by atoms with Gasteiger partial charge in [0, 0.05) is 113 Å². The van der Waals surface area contributed by atoms with E-state index in [1.54, 1.807) is 0 Å². The lowest BCUT2D eigenvalue weighted by atomic mass is 9.98. The van der Waals surface area contributed by atoms with Gasteiger partial charge in [-0.25, -0.2) is 0 Å². The fraction of sp³-hybridized carbons (Fsp3) is 0.0800. The van der Waals surface area contributed by atoms with Crippen molar-refractivity contribution in [3.05, 3.63) is 234 Å². The van der Waals surface area contributed by atoms with E-state index in [9.17, 15) is 124 Å². The van der Waals surface area contributed by atoms with Gasteiger partial charge >= 0.3 is 45.6 Å². The number of benzene rings is 7. The van der Waals surface area contributed by atoms with E-state index in [1.165, 1.54) is 198 Å². The van der Waals surface area contributed by atoms with E-state index >= 15 is 4.79 Å². The summed E-state index contributed by atoms with van der Waals surface area (Å²) in [6.45, 7) is 0. The van der Waals surface area contributed by atoms with Crippen LogP contribution in [0.15, 0.2) is 183 Å². The number of nitrogens with zero attached hydrogens (tertiary/aromatic N) is 6. The van der Waals surface area contributed by atoms with Crippen LogP contribution in [0.4, 0.5) is 51.2 Å². The normalized spacial score (nSPS) is 12.1. The van der Waals surface area contributed by atoms with E-state index in [0.29, 0.717) is 0 Å². The molecule has 0 atom stereocenters. The number of carbonyl (C=O) groups excluding carboxylic acids is 9. The quantitative estimate of drug-likeness (QED) is 0.0343. The van der Waals surface area contributed by atoms with Crippen molar-refractivity contribution in [1.29, 1.82) is 0 Å². The molecule has 0 aliphatic carbocycles. The number of amides is 9. The average molecular weight is 1800 g/mol. The van der Waals surface area contributed by atoms with Gasteiger partial charge in [0.1, 0.15) is 34.2 Å². The van der Waals surface area contributed by atoms with Gasteiger partial charge in [-0.2, -0.15) is 0 Å². The molecule has 0 radical (unpaired) electrons. The molecular weight excluding hydrogens is 1730 g/mol. The molecular formula is C75H69N15O27P6. The van der Waals surface area contributed by atoms with Gasteiger partial charge in [0.15, 0.2) is 0 Å². The topological polar surface area (TPSA) is 637 Å². The Kier molecular flexibility index (Phi) is 23.5. The Bertz CT molecular complexity index is 6780. The number of aromatic nitrogens is 6. The molecule has 0 aliphatic rings. The molecule has 13 rings (SSSR count). The lowest BCUT2D eigenvalue weighted by Crippen LogP contribution is -2.25.